The van der Waals surface area contributed by atoms with Gasteiger partial charge >= 0.3 is 7.60 Å². The van der Waals surface area contributed by atoms with Gasteiger partial charge in [-0.2, -0.15) is 0 Å². The Morgan fingerprint density at radius 2 is 1.44 bits per heavy atom. The number of rotatable bonds is 11. The Kier molecular flexibility index (Phi) is 8.45. The summed E-state index contributed by atoms with van der Waals surface area (Å²) in [6.07, 6.45) is 0.166. The normalized spacial score (nSPS) is 11.8. The molecule has 3 aromatic rings. The molecule has 32 heavy (non-hydrogen) atoms. The molecule has 0 bridgehead atoms. The summed E-state index contributed by atoms with van der Waals surface area (Å²) < 4.78 is 22.6. The largest absolute Gasteiger partial charge is 0.489 e. The quantitative estimate of drug-likeness (QED) is 0.252. The van der Waals surface area contributed by atoms with Crippen LogP contribution in [0.4, 0.5) is 0 Å². The van der Waals surface area contributed by atoms with Gasteiger partial charge in [0.05, 0.1) is 6.16 Å². The predicted octanol–water partition coefficient (Wildman–Crippen LogP) is 4.42. The number of benzene rings is 3. The lowest BCUT2D eigenvalue weighted by molar-refractivity contribution is 0.210. The highest BCUT2D eigenvalue weighted by molar-refractivity contribution is 7.51. The van der Waals surface area contributed by atoms with Crippen LogP contribution >= 0.6 is 7.60 Å². The maximum atomic E-state index is 11.0. The van der Waals surface area contributed by atoms with Crippen LogP contribution in [0.15, 0.2) is 84.0 Å². The van der Waals surface area contributed by atoms with Crippen LogP contribution in [0.2, 0.25) is 0 Å². The average molecular weight is 455 g/mol. The summed E-state index contributed by atoms with van der Waals surface area (Å²) in [7, 11) is -2.48. The van der Waals surface area contributed by atoms with E-state index >= 15 is 0 Å². The molecule has 0 heterocycles. The van der Waals surface area contributed by atoms with Crippen molar-refractivity contribution in [3.05, 3.63) is 95.6 Å². The molecule has 0 aliphatic carbocycles. The molecule has 0 aliphatic heterocycles. The molecule has 0 atom stereocenters. The zero-order valence-electron chi connectivity index (χ0n) is 17.8. The van der Waals surface area contributed by atoms with Gasteiger partial charge in [-0.3, -0.25) is 4.57 Å². The van der Waals surface area contributed by atoms with Crippen LogP contribution in [0.3, 0.4) is 0 Å². The number of nitrogens with zero attached hydrogens (tertiary/aromatic N) is 1. The lowest BCUT2D eigenvalue weighted by Crippen LogP contribution is -2.13. The third-order valence-electron chi connectivity index (χ3n) is 4.63. The SMILES string of the molecule is CON=C(COc1ccc(COc2ccc(CCP(=O)(O)O)cc2)cc1)c1ccccc1. The highest BCUT2D eigenvalue weighted by Gasteiger charge is 2.12. The Hall–Kier alpha value is -3.12. The second-order valence-corrected chi connectivity index (χ2v) is 8.87. The summed E-state index contributed by atoms with van der Waals surface area (Å²) in [4.78, 5) is 22.9. The zero-order chi connectivity index (χ0) is 22.8. The van der Waals surface area contributed by atoms with Crippen LogP contribution in [-0.4, -0.2) is 35.4 Å². The fourth-order valence-corrected chi connectivity index (χ4v) is 3.48. The second-order valence-electron chi connectivity index (χ2n) is 7.09. The Labute approximate surface area is 187 Å². The Morgan fingerprint density at radius 1 is 0.844 bits per heavy atom. The lowest BCUT2D eigenvalue weighted by Gasteiger charge is -2.10. The Balaban J connectivity index is 1.49. The minimum absolute atomic E-state index is 0.161. The van der Waals surface area contributed by atoms with Crippen LogP contribution in [0.5, 0.6) is 11.5 Å². The fraction of sp³-hybridized carbons (Fsp3) is 0.208. The van der Waals surface area contributed by atoms with Crippen molar-refractivity contribution in [1.82, 2.24) is 0 Å². The van der Waals surface area contributed by atoms with E-state index in [0.29, 0.717) is 30.2 Å². The summed E-state index contributed by atoms with van der Waals surface area (Å²) in [6.45, 7) is 0.671. The van der Waals surface area contributed by atoms with Crippen molar-refractivity contribution in [1.29, 1.82) is 0 Å². The molecule has 0 saturated heterocycles. The maximum absolute atomic E-state index is 11.0. The van der Waals surface area contributed by atoms with E-state index in [-0.39, 0.29) is 12.8 Å². The molecular formula is C24H26NO6P. The average Bonchev–Trinajstić information content (AvgIpc) is 2.80. The van der Waals surface area contributed by atoms with E-state index in [1.807, 2.05) is 66.7 Å². The van der Waals surface area contributed by atoms with Crippen LogP contribution in [-0.2, 0) is 22.4 Å². The molecule has 3 rings (SSSR count). The molecule has 8 heteroatoms. The molecule has 0 amide bonds. The number of hydrogen-bond acceptors (Lipinski definition) is 5. The monoisotopic (exact) mass is 455 g/mol. The minimum atomic E-state index is -3.98. The molecule has 0 saturated carbocycles. The van der Waals surface area contributed by atoms with Gasteiger partial charge in [0.25, 0.3) is 0 Å². The molecule has 0 unspecified atom stereocenters. The van der Waals surface area contributed by atoms with Gasteiger partial charge < -0.3 is 24.1 Å². The van der Waals surface area contributed by atoms with Crippen molar-refractivity contribution in [3.8, 4) is 11.5 Å². The second kappa shape index (κ2) is 11.5. The van der Waals surface area contributed by atoms with Crippen molar-refractivity contribution in [2.24, 2.45) is 5.16 Å². The van der Waals surface area contributed by atoms with Crippen molar-refractivity contribution in [2.45, 2.75) is 13.0 Å². The number of aryl methyl sites for hydroxylation is 1. The summed E-state index contributed by atoms with van der Waals surface area (Å²) in [5, 5.41) is 4.05. The first-order chi connectivity index (χ1) is 15.4. The van der Waals surface area contributed by atoms with Crippen LogP contribution in [0.25, 0.3) is 0 Å². The predicted molar refractivity (Wildman–Crippen MR) is 123 cm³/mol. The zero-order valence-corrected chi connectivity index (χ0v) is 18.7. The molecule has 0 aromatic heterocycles. The van der Waals surface area contributed by atoms with E-state index < -0.39 is 7.60 Å². The highest BCUT2D eigenvalue weighted by Crippen LogP contribution is 2.35. The van der Waals surface area contributed by atoms with Gasteiger partial charge in [-0.25, -0.2) is 0 Å². The topological polar surface area (TPSA) is 97.6 Å². The summed E-state index contributed by atoms with van der Waals surface area (Å²) in [5.74, 6) is 1.40. The molecule has 0 fully saturated rings. The van der Waals surface area contributed by atoms with Gasteiger partial charge in [-0.05, 0) is 41.8 Å². The lowest BCUT2D eigenvalue weighted by atomic mass is 10.1. The van der Waals surface area contributed by atoms with E-state index in [2.05, 4.69) is 5.16 Å². The standard InChI is InChI=1S/C24H26NO6P/c1-29-25-24(21-5-3-2-4-6-21)18-31-23-13-9-20(10-14-23)17-30-22-11-7-19(8-12-22)15-16-32(26,27)28/h2-14H,15-18H2,1H3,(H2,26,27,28). The van der Waals surface area contributed by atoms with Gasteiger partial charge in [0.1, 0.15) is 37.5 Å². The van der Waals surface area contributed by atoms with E-state index in [0.717, 1.165) is 16.7 Å². The smallest absolute Gasteiger partial charge is 0.325 e. The van der Waals surface area contributed by atoms with Crippen molar-refractivity contribution >= 4 is 13.3 Å². The molecule has 3 aromatic carbocycles. The Bertz CT molecular complexity index is 1050. The summed E-state index contributed by atoms with van der Waals surface area (Å²) >= 11 is 0. The molecule has 168 valence electrons. The van der Waals surface area contributed by atoms with E-state index in [1.54, 1.807) is 12.1 Å². The van der Waals surface area contributed by atoms with Crippen LogP contribution in [0.1, 0.15) is 16.7 Å². The van der Waals surface area contributed by atoms with Crippen LogP contribution in [0, 0.1) is 0 Å². The van der Waals surface area contributed by atoms with Gasteiger partial charge in [-0.15, -0.1) is 0 Å². The Morgan fingerprint density at radius 3 is 2.03 bits per heavy atom. The summed E-state index contributed by atoms with van der Waals surface area (Å²) in [6, 6.07) is 24.5. The third-order valence-corrected chi connectivity index (χ3v) is 5.43. The van der Waals surface area contributed by atoms with Gasteiger partial charge in [0.15, 0.2) is 0 Å². The van der Waals surface area contributed by atoms with E-state index in [4.69, 9.17) is 24.1 Å². The number of hydrogen-bond donors (Lipinski definition) is 2. The molecular weight excluding hydrogens is 429 g/mol. The first kappa shape index (κ1) is 23.5. The van der Waals surface area contributed by atoms with Crippen molar-refractivity contribution in [2.75, 3.05) is 19.9 Å². The molecule has 0 radical (unpaired) electrons. The minimum Gasteiger partial charge on any atom is -0.489 e. The molecule has 0 spiro atoms. The van der Waals surface area contributed by atoms with Gasteiger partial charge in [-0.1, -0.05) is 59.8 Å². The van der Waals surface area contributed by atoms with E-state index in [1.165, 1.54) is 7.11 Å². The van der Waals surface area contributed by atoms with Gasteiger partial charge in [0.2, 0.25) is 0 Å². The first-order valence-corrected chi connectivity index (χ1v) is 11.9. The summed E-state index contributed by atoms with van der Waals surface area (Å²) in [5.41, 5.74) is 3.47. The first-order valence-electron chi connectivity index (χ1n) is 10.1. The van der Waals surface area contributed by atoms with Gasteiger partial charge in [0, 0.05) is 5.56 Å². The maximum Gasteiger partial charge on any atom is 0.325 e. The molecule has 2 N–H and O–H groups in total. The molecule has 0 aliphatic rings. The number of ether oxygens (including phenoxy) is 2. The highest BCUT2D eigenvalue weighted by atomic mass is 31.2. The number of oxime groups is 1. The van der Waals surface area contributed by atoms with E-state index in [9.17, 15) is 4.57 Å². The third kappa shape index (κ3) is 7.85. The molecule has 7 nitrogen and oxygen atoms in total. The fourth-order valence-electron chi connectivity index (χ4n) is 2.93. The van der Waals surface area contributed by atoms with Crippen molar-refractivity contribution < 1.29 is 28.7 Å². The van der Waals surface area contributed by atoms with Crippen LogP contribution < -0.4 is 9.47 Å². The van der Waals surface area contributed by atoms with Crippen molar-refractivity contribution in [3.63, 3.8) is 0 Å².